The molecule has 0 N–H and O–H groups in total. The van der Waals surface area contributed by atoms with E-state index >= 15 is 0 Å². The fourth-order valence-electron chi connectivity index (χ4n) is 1.13. The fourth-order valence-corrected chi connectivity index (χ4v) is 1.68. The van der Waals surface area contributed by atoms with E-state index in [1.807, 2.05) is 0 Å². The van der Waals surface area contributed by atoms with Crippen molar-refractivity contribution in [2.45, 2.75) is 6.18 Å². The number of aliphatic imine (C=N–C) groups is 1. The minimum Gasteiger partial charge on any atom is -0.258 e. The zero-order valence-electron chi connectivity index (χ0n) is 7.79. The molecule has 0 heterocycles. The molecule has 0 saturated heterocycles. The van der Waals surface area contributed by atoms with Gasteiger partial charge in [-0.1, -0.05) is 15.9 Å². The van der Waals surface area contributed by atoms with Gasteiger partial charge in [0.1, 0.15) is 5.56 Å². The Bertz CT molecular complexity index is 523. The summed E-state index contributed by atoms with van der Waals surface area (Å²) in [5.41, 5.74) is -3.36. The van der Waals surface area contributed by atoms with Crippen molar-refractivity contribution in [3.05, 3.63) is 32.3 Å². The number of alkyl halides is 3. The predicted octanol–water partition coefficient (Wildman–Crippen LogP) is 3.34. The van der Waals surface area contributed by atoms with Gasteiger partial charge in [-0.2, -0.15) is 18.2 Å². The summed E-state index contributed by atoms with van der Waals surface area (Å²) in [4.78, 5) is 22.3. The topological polar surface area (TPSA) is 72.6 Å². The van der Waals surface area contributed by atoms with E-state index in [1.54, 1.807) is 0 Å². The summed E-state index contributed by atoms with van der Waals surface area (Å²) in [5, 5.41) is 10.5. The molecule has 0 radical (unpaired) electrons. The van der Waals surface area contributed by atoms with E-state index in [4.69, 9.17) is 0 Å². The smallest absolute Gasteiger partial charge is 0.258 e. The van der Waals surface area contributed by atoms with E-state index in [0.717, 1.165) is 18.2 Å². The van der Waals surface area contributed by atoms with Crippen LogP contribution in [0.1, 0.15) is 5.56 Å². The summed E-state index contributed by atoms with van der Waals surface area (Å²) in [5.74, 6) is 0. The van der Waals surface area contributed by atoms with Crippen LogP contribution in [0.5, 0.6) is 0 Å². The first-order valence-corrected chi connectivity index (χ1v) is 4.70. The first kappa shape index (κ1) is 13.3. The summed E-state index contributed by atoms with van der Waals surface area (Å²) >= 11 is 2.60. The largest absolute Gasteiger partial charge is 0.419 e. The van der Waals surface area contributed by atoms with E-state index in [9.17, 15) is 28.1 Å². The molecule has 1 rings (SSSR count). The van der Waals surface area contributed by atoms with Crippen LogP contribution in [0, 0.1) is 10.1 Å². The van der Waals surface area contributed by atoms with Crippen molar-refractivity contribution in [2.24, 2.45) is 4.99 Å². The van der Waals surface area contributed by atoms with Gasteiger partial charge < -0.3 is 0 Å². The summed E-state index contributed by atoms with van der Waals surface area (Å²) in [7, 11) is 0. The van der Waals surface area contributed by atoms with Crippen LogP contribution in [0.15, 0.2) is 21.6 Å². The van der Waals surface area contributed by atoms with Gasteiger partial charge >= 0.3 is 6.18 Å². The second kappa shape index (κ2) is 4.64. The molecular weight excluding hydrogens is 309 g/mol. The highest BCUT2D eigenvalue weighted by Crippen LogP contribution is 2.45. The number of rotatable bonds is 2. The van der Waals surface area contributed by atoms with Crippen LogP contribution in [0.4, 0.5) is 24.5 Å². The van der Waals surface area contributed by atoms with Crippen molar-refractivity contribution >= 4 is 33.4 Å². The van der Waals surface area contributed by atoms with Crippen molar-refractivity contribution < 1.29 is 22.9 Å². The highest BCUT2D eigenvalue weighted by Gasteiger charge is 2.39. The van der Waals surface area contributed by atoms with Gasteiger partial charge in [-0.05, 0) is 6.07 Å². The molecule has 0 amide bonds. The quantitative estimate of drug-likeness (QED) is 0.364. The minimum atomic E-state index is -4.87. The molecule has 0 atom stereocenters. The van der Waals surface area contributed by atoms with E-state index in [1.165, 1.54) is 0 Å². The van der Waals surface area contributed by atoms with Gasteiger partial charge in [-0.25, -0.2) is 4.79 Å². The lowest BCUT2D eigenvalue weighted by Gasteiger charge is -2.10. The van der Waals surface area contributed by atoms with Crippen LogP contribution in [0.2, 0.25) is 0 Å². The average molecular weight is 311 g/mol. The Hall–Kier alpha value is -1.73. The van der Waals surface area contributed by atoms with E-state index in [2.05, 4.69) is 20.9 Å². The fraction of sp³-hybridized carbons (Fsp3) is 0.125. The molecule has 0 spiro atoms. The van der Waals surface area contributed by atoms with Gasteiger partial charge in [-0.15, -0.1) is 0 Å². The highest BCUT2D eigenvalue weighted by atomic mass is 79.9. The van der Waals surface area contributed by atoms with Crippen LogP contribution >= 0.6 is 15.9 Å². The molecule has 5 nitrogen and oxygen atoms in total. The van der Waals surface area contributed by atoms with Crippen molar-refractivity contribution in [3.63, 3.8) is 0 Å². The Morgan fingerprint density at radius 3 is 2.41 bits per heavy atom. The van der Waals surface area contributed by atoms with E-state index < -0.39 is 32.5 Å². The number of benzene rings is 1. The van der Waals surface area contributed by atoms with Crippen LogP contribution in [0.3, 0.4) is 0 Å². The minimum absolute atomic E-state index is 0.440. The molecule has 1 aromatic carbocycles. The maximum Gasteiger partial charge on any atom is 0.419 e. The highest BCUT2D eigenvalue weighted by molar-refractivity contribution is 9.10. The third kappa shape index (κ3) is 2.69. The maximum absolute atomic E-state index is 12.6. The third-order valence-electron chi connectivity index (χ3n) is 1.74. The zero-order valence-corrected chi connectivity index (χ0v) is 9.37. The molecule has 0 aromatic heterocycles. The second-order valence-corrected chi connectivity index (χ2v) is 3.60. The normalized spacial score (nSPS) is 10.8. The molecule has 90 valence electrons. The molecular formula is C8H2BrF3N2O3. The Balaban J connectivity index is 3.72. The summed E-state index contributed by atoms with van der Waals surface area (Å²) in [6.07, 6.45) is -4.01. The molecule has 0 aliphatic heterocycles. The molecule has 17 heavy (non-hydrogen) atoms. The molecule has 9 heteroatoms. The lowest BCUT2D eigenvalue weighted by molar-refractivity contribution is -0.384. The van der Waals surface area contributed by atoms with Gasteiger partial charge in [0.2, 0.25) is 6.08 Å². The molecule has 0 aliphatic carbocycles. The number of hydrogen-bond acceptors (Lipinski definition) is 4. The Labute approximate surface area is 100 Å². The van der Waals surface area contributed by atoms with Gasteiger partial charge in [0.25, 0.3) is 5.69 Å². The molecule has 0 saturated carbocycles. The third-order valence-corrected chi connectivity index (χ3v) is 2.40. The first-order chi connectivity index (χ1) is 7.79. The first-order valence-electron chi connectivity index (χ1n) is 3.91. The average Bonchev–Trinajstić information content (AvgIpc) is 2.15. The summed E-state index contributed by atoms with van der Waals surface area (Å²) < 4.78 is 37.5. The summed E-state index contributed by atoms with van der Waals surface area (Å²) in [6.45, 7) is 0. The lowest BCUT2D eigenvalue weighted by atomic mass is 10.1. The van der Waals surface area contributed by atoms with Crippen molar-refractivity contribution in [1.29, 1.82) is 0 Å². The molecule has 1 aromatic rings. The number of isocyanates is 1. The van der Waals surface area contributed by atoms with Gasteiger partial charge in [0.05, 0.1) is 4.92 Å². The van der Waals surface area contributed by atoms with E-state index in [0.29, 0.717) is 0 Å². The Kier molecular flexibility index (Phi) is 3.64. The summed E-state index contributed by atoms with van der Waals surface area (Å²) in [6, 6.07) is 1.68. The second-order valence-electron chi connectivity index (χ2n) is 2.75. The van der Waals surface area contributed by atoms with Crippen molar-refractivity contribution in [3.8, 4) is 0 Å². The number of nitro benzene ring substituents is 1. The van der Waals surface area contributed by atoms with Crippen molar-refractivity contribution in [2.75, 3.05) is 0 Å². The molecule has 0 aliphatic rings. The number of nitrogens with zero attached hydrogens (tertiary/aromatic N) is 2. The number of nitro groups is 1. The maximum atomic E-state index is 12.6. The van der Waals surface area contributed by atoms with Gasteiger partial charge in [0.15, 0.2) is 5.69 Å². The molecule has 0 bridgehead atoms. The number of carbonyl (C=O) groups excluding carboxylic acids is 1. The van der Waals surface area contributed by atoms with Gasteiger partial charge in [0, 0.05) is 10.5 Å². The monoisotopic (exact) mass is 310 g/mol. The predicted molar refractivity (Wildman–Crippen MR) is 53.6 cm³/mol. The Morgan fingerprint density at radius 1 is 1.41 bits per heavy atom. The Morgan fingerprint density at radius 2 is 2.00 bits per heavy atom. The lowest BCUT2D eigenvalue weighted by Crippen LogP contribution is -2.07. The number of hydrogen-bond donors (Lipinski definition) is 0. The number of halogens is 4. The molecule has 0 unspecified atom stereocenters. The van der Waals surface area contributed by atoms with Crippen molar-refractivity contribution in [1.82, 2.24) is 0 Å². The SMILES string of the molecule is O=C=Nc1c([N+](=O)[O-])ccc(Br)c1C(F)(F)F. The van der Waals surface area contributed by atoms with E-state index in [-0.39, 0.29) is 0 Å². The zero-order chi connectivity index (χ0) is 13.2. The van der Waals surface area contributed by atoms with Gasteiger partial charge in [-0.3, -0.25) is 10.1 Å². The van der Waals surface area contributed by atoms with Crippen LogP contribution < -0.4 is 0 Å². The van der Waals surface area contributed by atoms with Crippen LogP contribution in [-0.4, -0.2) is 11.0 Å². The molecule has 0 fully saturated rings. The van der Waals surface area contributed by atoms with Crippen LogP contribution in [0.25, 0.3) is 0 Å². The van der Waals surface area contributed by atoms with Crippen LogP contribution in [-0.2, 0) is 11.0 Å². The standard InChI is InChI=1S/C8H2BrF3N2O3/c9-4-1-2-5(14(16)17)7(13-3-15)6(4)8(10,11)12/h1-2H.